The van der Waals surface area contributed by atoms with Crippen LogP contribution in [0, 0.1) is 0 Å². The van der Waals surface area contributed by atoms with Gasteiger partial charge in [0.1, 0.15) is 5.75 Å². The van der Waals surface area contributed by atoms with E-state index in [2.05, 4.69) is 26.1 Å². The van der Waals surface area contributed by atoms with Crippen molar-refractivity contribution in [1.29, 1.82) is 0 Å². The number of H-pyrrole nitrogens is 1. The maximum atomic E-state index is 5.62. The van der Waals surface area contributed by atoms with Crippen LogP contribution in [0.25, 0.3) is 10.9 Å². The number of nitrogens with zero attached hydrogens (tertiary/aromatic N) is 1. The van der Waals surface area contributed by atoms with Crippen molar-refractivity contribution < 1.29 is 4.74 Å². The summed E-state index contributed by atoms with van der Waals surface area (Å²) in [6.45, 7) is 0.769. The van der Waals surface area contributed by atoms with Crippen LogP contribution in [-0.2, 0) is 0 Å². The van der Waals surface area contributed by atoms with Gasteiger partial charge in [-0.3, -0.25) is 5.10 Å². The van der Waals surface area contributed by atoms with Crippen LogP contribution in [0.3, 0.4) is 0 Å². The van der Waals surface area contributed by atoms with E-state index in [1.807, 2.05) is 24.4 Å². The lowest BCUT2D eigenvalue weighted by molar-refractivity contribution is 0.310. The average molecular weight is 269 g/mol. The summed E-state index contributed by atoms with van der Waals surface area (Å²) in [6.07, 6.45) is 4.03. The molecule has 0 radical (unpaired) electrons. The third kappa shape index (κ3) is 2.72. The van der Waals surface area contributed by atoms with Gasteiger partial charge in [0.25, 0.3) is 0 Å². The smallest absolute Gasteiger partial charge is 0.121 e. The SMILES string of the molecule is BrCCCCOc1ccc2cn[nH]c2c1. The topological polar surface area (TPSA) is 37.9 Å². The van der Waals surface area contributed by atoms with Gasteiger partial charge in [0, 0.05) is 16.8 Å². The van der Waals surface area contributed by atoms with Crippen molar-refractivity contribution in [3.8, 4) is 5.75 Å². The first-order chi connectivity index (χ1) is 7.40. The molecule has 0 aliphatic rings. The van der Waals surface area contributed by atoms with Gasteiger partial charge in [0.15, 0.2) is 0 Å². The minimum Gasteiger partial charge on any atom is -0.494 e. The van der Waals surface area contributed by atoms with E-state index in [-0.39, 0.29) is 0 Å². The first kappa shape index (κ1) is 10.5. The number of fused-ring (bicyclic) bond motifs is 1. The Labute approximate surface area is 97.0 Å². The number of nitrogens with one attached hydrogen (secondary N) is 1. The van der Waals surface area contributed by atoms with Gasteiger partial charge >= 0.3 is 0 Å². The summed E-state index contributed by atoms with van der Waals surface area (Å²) in [4.78, 5) is 0. The highest BCUT2D eigenvalue weighted by Gasteiger charge is 1.98. The van der Waals surface area contributed by atoms with Crippen molar-refractivity contribution in [1.82, 2.24) is 10.2 Å². The number of aromatic amines is 1. The molecule has 2 rings (SSSR count). The normalized spacial score (nSPS) is 10.7. The van der Waals surface area contributed by atoms with Crippen LogP contribution in [0.2, 0.25) is 0 Å². The molecule has 1 aromatic heterocycles. The maximum absolute atomic E-state index is 5.62. The van der Waals surface area contributed by atoms with Crippen molar-refractivity contribution in [2.45, 2.75) is 12.8 Å². The molecule has 0 aliphatic heterocycles. The Hall–Kier alpha value is -1.03. The van der Waals surface area contributed by atoms with Crippen molar-refractivity contribution >= 4 is 26.8 Å². The molecule has 4 heteroatoms. The second-order valence-electron chi connectivity index (χ2n) is 3.36. The van der Waals surface area contributed by atoms with E-state index in [4.69, 9.17) is 4.74 Å². The van der Waals surface area contributed by atoms with Gasteiger partial charge in [-0.05, 0) is 25.0 Å². The summed E-state index contributed by atoms with van der Waals surface area (Å²) in [6, 6.07) is 5.97. The lowest BCUT2D eigenvalue weighted by Gasteiger charge is -2.04. The molecular formula is C11H13BrN2O. The summed E-state index contributed by atoms with van der Waals surface area (Å²) in [5, 5.41) is 9.04. The first-order valence-corrected chi connectivity index (χ1v) is 6.14. The molecule has 0 atom stereocenters. The standard InChI is InChI=1S/C11H13BrN2O/c12-5-1-2-6-15-10-4-3-9-8-13-14-11(9)7-10/h3-4,7-8H,1-2,5-6H2,(H,13,14). The molecule has 1 aromatic carbocycles. The number of aromatic nitrogens is 2. The Balaban J connectivity index is 1.96. The number of alkyl halides is 1. The van der Waals surface area contributed by atoms with Crippen LogP contribution in [0.5, 0.6) is 5.75 Å². The quantitative estimate of drug-likeness (QED) is 0.669. The predicted octanol–water partition coefficient (Wildman–Crippen LogP) is 3.12. The molecular weight excluding hydrogens is 256 g/mol. The molecule has 0 unspecified atom stereocenters. The van der Waals surface area contributed by atoms with E-state index in [1.54, 1.807) is 0 Å². The maximum Gasteiger partial charge on any atom is 0.121 e. The zero-order valence-corrected chi connectivity index (χ0v) is 9.96. The van der Waals surface area contributed by atoms with Crippen LogP contribution in [0.4, 0.5) is 0 Å². The zero-order valence-electron chi connectivity index (χ0n) is 8.37. The molecule has 80 valence electrons. The number of hydrogen-bond donors (Lipinski definition) is 1. The summed E-state index contributed by atoms with van der Waals surface area (Å²) < 4.78 is 5.62. The Morgan fingerprint density at radius 2 is 2.27 bits per heavy atom. The molecule has 3 nitrogen and oxygen atoms in total. The van der Waals surface area contributed by atoms with Crippen LogP contribution < -0.4 is 4.74 Å². The summed E-state index contributed by atoms with van der Waals surface area (Å²) >= 11 is 3.39. The van der Waals surface area contributed by atoms with Crippen LogP contribution in [-0.4, -0.2) is 22.1 Å². The van der Waals surface area contributed by atoms with Gasteiger partial charge in [-0.1, -0.05) is 15.9 Å². The summed E-state index contributed by atoms with van der Waals surface area (Å²) in [7, 11) is 0. The van der Waals surface area contributed by atoms with E-state index in [0.29, 0.717) is 0 Å². The highest BCUT2D eigenvalue weighted by molar-refractivity contribution is 9.09. The van der Waals surface area contributed by atoms with Crippen LogP contribution >= 0.6 is 15.9 Å². The third-order valence-electron chi connectivity index (χ3n) is 2.21. The van der Waals surface area contributed by atoms with Crippen molar-refractivity contribution in [2.24, 2.45) is 0 Å². The number of benzene rings is 1. The van der Waals surface area contributed by atoms with E-state index in [0.717, 1.165) is 41.4 Å². The minimum atomic E-state index is 0.769. The van der Waals surface area contributed by atoms with Crippen LogP contribution in [0.15, 0.2) is 24.4 Å². The van der Waals surface area contributed by atoms with Gasteiger partial charge < -0.3 is 4.74 Å². The number of halogens is 1. The van der Waals surface area contributed by atoms with E-state index in [9.17, 15) is 0 Å². The highest BCUT2D eigenvalue weighted by Crippen LogP contribution is 2.18. The number of hydrogen-bond acceptors (Lipinski definition) is 2. The van der Waals surface area contributed by atoms with Crippen molar-refractivity contribution in [2.75, 3.05) is 11.9 Å². The zero-order chi connectivity index (χ0) is 10.5. The Morgan fingerprint density at radius 3 is 3.13 bits per heavy atom. The Bertz CT molecular complexity index is 427. The molecule has 0 spiro atoms. The van der Waals surface area contributed by atoms with Crippen molar-refractivity contribution in [3.05, 3.63) is 24.4 Å². The fourth-order valence-corrected chi connectivity index (χ4v) is 1.79. The monoisotopic (exact) mass is 268 g/mol. The molecule has 0 bridgehead atoms. The molecule has 0 aliphatic carbocycles. The fourth-order valence-electron chi connectivity index (χ4n) is 1.39. The van der Waals surface area contributed by atoms with Crippen molar-refractivity contribution in [3.63, 3.8) is 0 Å². The van der Waals surface area contributed by atoms with E-state index in [1.165, 1.54) is 0 Å². The van der Waals surface area contributed by atoms with Gasteiger partial charge in [-0.25, -0.2) is 0 Å². The molecule has 15 heavy (non-hydrogen) atoms. The fraction of sp³-hybridized carbons (Fsp3) is 0.364. The largest absolute Gasteiger partial charge is 0.494 e. The van der Waals surface area contributed by atoms with Gasteiger partial charge in [0.2, 0.25) is 0 Å². The molecule has 2 aromatic rings. The molecule has 1 N–H and O–H groups in total. The third-order valence-corrected chi connectivity index (χ3v) is 2.77. The molecule has 1 heterocycles. The van der Waals surface area contributed by atoms with E-state index >= 15 is 0 Å². The summed E-state index contributed by atoms with van der Waals surface area (Å²) in [5.41, 5.74) is 1.02. The number of rotatable bonds is 5. The Kier molecular flexibility index (Phi) is 3.61. The predicted molar refractivity (Wildman–Crippen MR) is 64.6 cm³/mol. The van der Waals surface area contributed by atoms with E-state index < -0.39 is 0 Å². The second kappa shape index (κ2) is 5.16. The second-order valence-corrected chi connectivity index (χ2v) is 4.16. The average Bonchev–Trinajstić information content (AvgIpc) is 2.71. The summed E-state index contributed by atoms with van der Waals surface area (Å²) in [5.74, 6) is 0.904. The lowest BCUT2D eigenvalue weighted by Crippen LogP contribution is -1.97. The molecule has 0 fully saturated rings. The van der Waals surface area contributed by atoms with Crippen LogP contribution in [0.1, 0.15) is 12.8 Å². The number of ether oxygens (including phenoxy) is 1. The molecule has 0 amide bonds. The Morgan fingerprint density at radius 1 is 1.33 bits per heavy atom. The van der Waals surface area contributed by atoms with Gasteiger partial charge in [-0.15, -0.1) is 0 Å². The molecule has 0 saturated heterocycles. The van der Waals surface area contributed by atoms with Gasteiger partial charge in [0.05, 0.1) is 18.3 Å². The lowest BCUT2D eigenvalue weighted by atomic mass is 10.2. The molecule has 0 saturated carbocycles. The highest BCUT2D eigenvalue weighted by atomic mass is 79.9. The first-order valence-electron chi connectivity index (χ1n) is 5.02. The van der Waals surface area contributed by atoms with Gasteiger partial charge in [-0.2, -0.15) is 5.10 Å². The minimum absolute atomic E-state index is 0.769. The number of unbranched alkanes of at least 4 members (excludes halogenated alkanes) is 1.